The highest BCUT2D eigenvalue weighted by molar-refractivity contribution is 5.66. The van der Waals surface area contributed by atoms with Crippen LogP contribution in [0.4, 0.5) is 0 Å². The molecule has 136 valence electrons. The molecule has 0 aliphatic rings. The first-order chi connectivity index (χ1) is 11.3. The fourth-order valence-corrected chi connectivity index (χ4v) is 2.88. The lowest BCUT2D eigenvalue weighted by molar-refractivity contribution is -0.137. The van der Waals surface area contributed by atoms with E-state index in [4.69, 9.17) is 5.11 Å². The number of hydrogen-bond donors (Lipinski definition) is 1. The minimum absolute atomic E-state index is 0.340. The Morgan fingerprint density at radius 3 is 1.48 bits per heavy atom. The Morgan fingerprint density at radius 1 is 0.652 bits per heavy atom. The second-order valence-electron chi connectivity index (χ2n) is 6.79. The van der Waals surface area contributed by atoms with E-state index < -0.39 is 5.97 Å². The lowest BCUT2D eigenvalue weighted by atomic mass is 10.1. The van der Waals surface area contributed by atoms with Crippen LogP contribution in [-0.4, -0.2) is 11.1 Å². The highest BCUT2D eigenvalue weighted by Crippen LogP contribution is 2.12. The van der Waals surface area contributed by atoms with Crippen molar-refractivity contribution >= 4 is 5.97 Å². The number of allylic oxidation sites excluding steroid dienone is 2. The zero-order valence-corrected chi connectivity index (χ0v) is 15.5. The fraction of sp³-hybridized carbons (Fsp3) is 0.857. The van der Waals surface area contributed by atoms with Gasteiger partial charge in [-0.1, -0.05) is 89.7 Å². The lowest BCUT2D eigenvalue weighted by Crippen LogP contribution is -1.93. The van der Waals surface area contributed by atoms with E-state index in [9.17, 15) is 4.79 Å². The molecular weight excluding hydrogens is 284 g/mol. The molecule has 0 aromatic heterocycles. The van der Waals surface area contributed by atoms with Crippen molar-refractivity contribution in [1.29, 1.82) is 0 Å². The van der Waals surface area contributed by atoms with Crippen molar-refractivity contribution < 1.29 is 9.90 Å². The maximum atomic E-state index is 10.4. The fourth-order valence-electron chi connectivity index (χ4n) is 2.88. The van der Waals surface area contributed by atoms with Crippen LogP contribution in [0.15, 0.2) is 12.2 Å². The van der Waals surface area contributed by atoms with E-state index in [1.807, 2.05) is 0 Å². The zero-order chi connectivity index (χ0) is 17.0. The predicted octanol–water partition coefficient (Wildman–Crippen LogP) is 7.28. The zero-order valence-electron chi connectivity index (χ0n) is 15.5. The van der Waals surface area contributed by atoms with Gasteiger partial charge < -0.3 is 5.11 Å². The van der Waals surface area contributed by atoms with E-state index in [0.717, 1.165) is 12.8 Å². The summed E-state index contributed by atoms with van der Waals surface area (Å²) >= 11 is 0. The van der Waals surface area contributed by atoms with Crippen molar-refractivity contribution in [1.82, 2.24) is 0 Å². The summed E-state index contributed by atoms with van der Waals surface area (Å²) in [5, 5.41) is 8.54. The minimum Gasteiger partial charge on any atom is -0.481 e. The van der Waals surface area contributed by atoms with Gasteiger partial charge in [-0.3, -0.25) is 4.79 Å². The molecule has 0 unspecified atom stereocenters. The molecular formula is C21H40O2. The van der Waals surface area contributed by atoms with E-state index >= 15 is 0 Å². The van der Waals surface area contributed by atoms with Gasteiger partial charge in [0.05, 0.1) is 0 Å². The molecule has 0 rings (SSSR count). The van der Waals surface area contributed by atoms with Crippen molar-refractivity contribution in [3.63, 3.8) is 0 Å². The molecule has 0 saturated carbocycles. The van der Waals surface area contributed by atoms with Crippen LogP contribution in [0.1, 0.15) is 116 Å². The molecule has 0 saturated heterocycles. The van der Waals surface area contributed by atoms with Gasteiger partial charge in [0.1, 0.15) is 0 Å². The summed E-state index contributed by atoms with van der Waals surface area (Å²) in [5.41, 5.74) is 0. The van der Waals surface area contributed by atoms with Crippen LogP contribution in [0.3, 0.4) is 0 Å². The van der Waals surface area contributed by atoms with Gasteiger partial charge in [0, 0.05) is 6.42 Å². The summed E-state index contributed by atoms with van der Waals surface area (Å²) in [6, 6.07) is 0. The average Bonchev–Trinajstić information content (AvgIpc) is 2.53. The SMILES string of the molecule is CCCCCCCC=CCCCCCCCCCCCC(=O)O. The number of carbonyl (C=O) groups is 1. The van der Waals surface area contributed by atoms with E-state index in [0.29, 0.717) is 6.42 Å². The van der Waals surface area contributed by atoms with Gasteiger partial charge in [-0.05, 0) is 32.1 Å². The van der Waals surface area contributed by atoms with Crippen molar-refractivity contribution in [3.05, 3.63) is 12.2 Å². The van der Waals surface area contributed by atoms with Gasteiger partial charge in [-0.2, -0.15) is 0 Å². The Morgan fingerprint density at radius 2 is 1.04 bits per heavy atom. The van der Waals surface area contributed by atoms with Crippen LogP contribution in [0.2, 0.25) is 0 Å². The Balaban J connectivity index is 3.06. The molecule has 23 heavy (non-hydrogen) atoms. The molecule has 0 bridgehead atoms. The van der Waals surface area contributed by atoms with Gasteiger partial charge >= 0.3 is 5.97 Å². The van der Waals surface area contributed by atoms with Gasteiger partial charge in [0.15, 0.2) is 0 Å². The first-order valence-corrected chi connectivity index (χ1v) is 10.1. The van der Waals surface area contributed by atoms with Crippen molar-refractivity contribution in [3.8, 4) is 0 Å². The van der Waals surface area contributed by atoms with Gasteiger partial charge in [-0.15, -0.1) is 0 Å². The Kier molecular flexibility index (Phi) is 18.6. The molecule has 0 fully saturated rings. The lowest BCUT2D eigenvalue weighted by Gasteiger charge is -2.01. The van der Waals surface area contributed by atoms with E-state index in [2.05, 4.69) is 19.1 Å². The first kappa shape index (κ1) is 22.2. The molecule has 0 aliphatic carbocycles. The number of rotatable bonds is 18. The van der Waals surface area contributed by atoms with Crippen molar-refractivity contribution in [2.75, 3.05) is 0 Å². The Hall–Kier alpha value is -0.790. The molecule has 0 heterocycles. The molecule has 0 aliphatic heterocycles. The first-order valence-electron chi connectivity index (χ1n) is 10.1. The molecule has 0 aromatic carbocycles. The van der Waals surface area contributed by atoms with Crippen LogP contribution in [0, 0.1) is 0 Å². The highest BCUT2D eigenvalue weighted by atomic mass is 16.4. The summed E-state index contributed by atoms with van der Waals surface area (Å²) in [4.78, 5) is 10.4. The number of hydrogen-bond acceptors (Lipinski definition) is 1. The summed E-state index contributed by atoms with van der Waals surface area (Å²) in [6.45, 7) is 2.27. The quantitative estimate of drug-likeness (QED) is 0.212. The third-order valence-corrected chi connectivity index (χ3v) is 4.40. The summed E-state index contributed by atoms with van der Waals surface area (Å²) in [7, 11) is 0. The number of carboxylic acids is 1. The van der Waals surface area contributed by atoms with Crippen molar-refractivity contribution in [2.45, 2.75) is 116 Å². The molecule has 2 nitrogen and oxygen atoms in total. The van der Waals surface area contributed by atoms with Crippen LogP contribution in [0.5, 0.6) is 0 Å². The third-order valence-electron chi connectivity index (χ3n) is 4.40. The van der Waals surface area contributed by atoms with E-state index in [1.54, 1.807) is 0 Å². The van der Waals surface area contributed by atoms with Crippen molar-refractivity contribution in [2.24, 2.45) is 0 Å². The van der Waals surface area contributed by atoms with Crippen LogP contribution >= 0.6 is 0 Å². The number of unbranched alkanes of at least 4 members (excludes halogenated alkanes) is 14. The molecule has 0 radical (unpaired) electrons. The van der Waals surface area contributed by atoms with E-state index in [-0.39, 0.29) is 0 Å². The standard InChI is InChI=1S/C21H40O2/c1-2-3-4-5-6-7-8-9-10-11-12-13-14-15-16-17-18-19-20-21(22)23/h8-9H,2-7,10-20H2,1H3,(H,22,23). The Bertz CT molecular complexity index is 271. The van der Waals surface area contributed by atoms with Gasteiger partial charge in [-0.25, -0.2) is 0 Å². The molecule has 0 spiro atoms. The molecule has 2 heteroatoms. The van der Waals surface area contributed by atoms with Gasteiger partial charge in [0.2, 0.25) is 0 Å². The minimum atomic E-state index is -0.657. The average molecular weight is 325 g/mol. The number of aliphatic carboxylic acids is 1. The van der Waals surface area contributed by atoms with Crippen LogP contribution < -0.4 is 0 Å². The highest BCUT2D eigenvalue weighted by Gasteiger charge is 1.96. The Labute approximate surface area is 144 Å². The van der Waals surface area contributed by atoms with Crippen LogP contribution in [0.25, 0.3) is 0 Å². The molecule has 0 aromatic rings. The largest absolute Gasteiger partial charge is 0.481 e. The predicted molar refractivity (Wildman–Crippen MR) is 101 cm³/mol. The normalized spacial score (nSPS) is 11.3. The second-order valence-corrected chi connectivity index (χ2v) is 6.79. The maximum absolute atomic E-state index is 10.4. The van der Waals surface area contributed by atoms with E-state index in [1.165, 1.54) is 89.9 Å². The summed E-state index contributed by atoms with van der Waals surface area (Å²) in [6.07, 6.45) is 25.6. The number of carboxylic acid groups (broad SMARTS) is 1. The third kappa shape index (κ3) is 21.2. The van der Waals surface area contributed by atoms with Crippen LogP contribution in [-0.2, 0) is 4.79 Å². The smallest absolute Gasteiger partial charge is 0.303 e. The summed E-state index contributed by atoms with van der Waals surface area (Å²) < 4.78 is 0. The molecule has 1 N–H and O–H groups in total. The second kappa shape index (κ2) is 19.3. The summed E-state index contributed by atoms with van der Waals surface area (Å²) in [5.74, 6) is -0.657. The topological polar surface area (TPSA) is 37.3 Å². The molecule has 0 atom stereocenters. The molecule has 0 amide bonds. The van der Waals surface area contributed by atoms with Gasteiger partial charge in [0.25, 0.3) is 0 Å². The monoisotopic (exact) mass is 324 g/mol. The maximum Gasteiger partial charge on any atom is 0.303 e.